The molecule has 0 aliphatic heterocycles. The van der Waals surface area contributed by atoms with Gasteiger partial charge in [-0.05, 0) is 43.9 Å². The van der Waals surface area contributed by atoms with E-state index in [0.29, 0.717) is 25.4 Å². The average molecular weight is 341 g/mol. The fourth-order valence-electron chi connectivity index (χ4n) is 2.75. The minimum atomic E-state index is -0.306. The Morgan fingerprint density at radius 2 is 1.88 bits per heavy atom. The Labute approximate surface area is 150 Å². The number of hydrogen-bond acceptors (Lipinski definition) is 4. The maximum atomic E-state index is 12.5. The predicted molar refractivity (Wildman–Crippen MR) is 98.5 cm³/mol. The number of carbonyl (C=O) groups excluding carboxylic acids is 1. The van der Waals surface area contributed by atoms with Crippen LogP contribution in [0.5, 0.6) is 0 Å². The standard InChI is InChI=1S/C21H27NO3/c1-4-6-12-19-20(21(23)25-5-2)18(13-16(3)22-19)15-24-14-17-10-8-7-9-11-17/h7-11,13H,4-6,12,14-15H2,1-3H3. The highest BCUT2D eigenvalue weighted by Gasteiger charge is 2.19. The third-order valence-electron chi connectivity index (χ3n) is 3.92. The molecule has 0 saturated heterocycles. The minimum Gasteiger partial charge on any atom is -0.462 e. The Balaban J connectivity index is 2.21. The SMILES string of the molecule is CCCCc1nc(C)cc(COCc2ccccc2)c1C(=O)OCC. The highest BCUT2D eigenvalue weighted by molar-refractivity contribution is 5.92. The van der Waals surface area contributed by atoms with Crippen LogP contribution in [-0.4, -0.2) is 17.6 Å². The Morgan fingerprint density at radius 1 is 1.12 bits per heavy atom. The first-order chi connectivity index (χ1) is 12.2. The van der Waals surface area contributed by atoms with Gasteiger partial charge in [-0.3, -0.25) is 4.98 Å². The summed E-state index contributed by atoms with van der Waals surface area (Å²) in [5.74, 6) is -0.306. The van der Waals surface area contributed by atoms with Gasteiger partial charge in [0.1, 0.15) is 0 Å². The van der Waals surface area contributed by atoms with E-state index in [4.69, 9.17) is 9.47 Å². The van der Waals surface area contributed by atoms with Crippen molar-refractivity contribution in [2.24, 2.45) is 0 Å². The third-order valence-corrected chi connectivity index (χ3v) is 3.92. The highest BCUT2D eigenvalue weighted by Crippen LogP contribution is 2.20. The van der Waals surface area contributed by atoms with Gasteiger partial charge in [-0.2, -0.15) is 0 Å². The van der Waals surface area contributed by atoms with E-state index in [1.165, 1.54) is 0 Å². The topological polar surface area (TPSA) is 48.4 Å². The molecule has 4 nitrogen and oxygen atoms in total. The van der Waals surface area contributed by atoms with Gasteiger partial charge in [-0.1, -0.05) is 43.7 Å². The number of pyridine rings is 1. The number of aryl methyl sites for hydroxylation is 2. The summed E-state index contributed by atoms with van der Waals surface area (Å²) in [5, 5.41) is 0. The molecule has 0 aliphatic rings. The molecule has 1 heterocycles. The third kappa shape index (κ3) is 5.68. The second kappa shape index (κ2) is 9.94. The minimum absolute atomic E-state index is 0.306. The van der Waals surface area contributed by atoms with E-state index in [9.17, 15) is 4.79 Å². The van der Waals surface area contributed by atoms with Gasteiger partial charge >= 0.3 is 5.97 Å². The molecular formula is C21H27NO3. The molecule has 2 rings (SSSR count). The largest absolute Gasteiger partial charge is 0.462 e. The number of esters is 1. The zero-order valence-electron chi connectivity index (χ0n) is 15.4. The Bertz CT molecular complexity index is 683. The molecule has 4 heteroatoms. The fourth-order valence-corrected chi connectivity index (χ4v) is 2.75. The summed E-state index contributed by atoms with van der Waals surface area (Å²) in [6, 6.07) is 11.9. The van der Waals surface area contributed by atoms with Crippen LogP contribution in [0, 0.1) is 6.92 Å². The highest BCUT2D eigenvalue weighted by atomic mass is 16.5. The first-order valence-electron chi connectivity index (χ1n) is 8.93. The van der Waals surface area contributed by atoms with E-state index in [1.807, 2.05) is 50.2 Å². The summed E-state index contributed by atoms with van der Waals surface area (Å²) < 4.78 is 11.1. The summed E-state index contributed by atoms with van der Waals surface area (Å²) in [7, 11) is 0. The predicted octanol–water partition coefficient (Wildman–Crippen LogP) is 4.63. The van der Waals surface area contributed by atoms with Gasteiger partial charge in [0.05, 0.1) is 31.1 Å². The molecule has 0 N–H and O–H groups in total. The van der Waals surface area contributed by atoms with Gasteiger partial charge in [0, 0.05) is 5.69 Å². The van der Waals surface area contributed by atoms with Gasteiger partial charge < -0.3 is 9.47 Å². The van der Waals surface area contributed by atoms with Gasteiger partial charge in [-0.15, -0.1) is 0 Å². The zero-order valence-corrected chi connectivity index (χ0v) is 15.4. The lowest BCUT2D eigenvalue weighted by atomic mass is 10.0. The van der Waals surface area contributed by atoms with E-state index < -0.39 is 0 Å². The molecule has 0 fully saturated rings. The molecule has 134 valence electrons. The molecule has 0 radical (unpaired) electrons. The van der Waals surface area contributed by atoms with Crippen LogP contribution in [-0.2, 0) is 29.1 Å². The Kier molecular flexibility index (Phi) is 7.61. The van der Waals surface area contributed by atoms with Crippen LogP contribution in [0.3, 0.4) is 0 Å². The van der Waals surface area contributed by atoms with E-state index in [-0.39, 0.29) is 5.97 Å². The Morgan fingerprint density at radius 3 is 2.56 bits per heavy atom. The maximum Gasteiger partial charge on any atom is 0.340 e. The van der Waals surface area contributed by atoms with Gasteiger partial charge in [0.15, 0.2) is 0 Å². The van der Waals surface area contributed by atoms with Crippen LogP contribution >= 0.6 is 0 Å². The number of rotatable bonds is 9. The van der Waals surface area contributed by atoms with Crippen LogP contribution in [0.15, 0.2) is 36.4 Å². The molecule has 0 atom stereocenters. The molecule has 0 amide bonds. The number of hydrogen-bond donors (Lipinski definition) is 0. The number of aromatic nitrogens is 1. The second-order valence-electron chi connectivity index (χ2n) is 6.05. The maximum absolute atomic E-state index is 12.5. The van der Waals surface area contributed by atoms with Crippen LogP contribution in [0.25, 0.3) is 0 Å². The molecule has 1 aromatic carbocycles. The number of carbonyl (C=O) groups is 1. The smallest absolute Gasteiger partial charge is 0.340 e. The van der Waals surface area contributed by atoms with E-state index in [0.717, 1.165) is 41.8 Å². The van der Waals surface area contributed by atoms with Crippen LogP contribution < -0.4 is 0 Å². The van der Waals surface area contributed by atoms with Crippen LogP contribution in [0.2, 0.25) is 0 Å². The van der Waals surface area contributed by atoms with Crippen molar-refractivity contribution in [1.82, 2.24) is 4.98 Å². The van der Waals surface area contributed by atoms with Crippen molar-refractivity contribution < 1.29 is 14.3 Å². The molecule has 0 aliphatic carbocycles. The van der Waals surface area contributed by atoms with Crippen LogP contribution in [0.4, 0.5) is 0 Å². The van der Waals surface area contributed by atoms with Crippen molar-refractivity contribution in [3.63, 3.8) is 0 Å². The van der Waals surface area contributed by atoms with Gasteiger partial charge in [0.2, 0.25) is 0 Å². The molecular weight excluding hydrogens is 314 g/mol. The average Bonchev–Trinajstić information content (AvgIpc) is 2.60. The van der Waals surface area contributed by atoms with Crippen LogP contribution in [0.1, 0.15) is 59.6 Å². The molecule has 0 bridgehead atoms. The van der Waals surface area contributed by atoms with Crippen molar-refractivity contribution in [3.8, 4) is 0 Å². The molecule has 2 aromatic rings. The van der Waals surface area contributed by atoms with Crippen molar-refractivity contribution >= 4 is 5.97 Å². The number of nitrogens with zero attached hydrogens (tertiary/aromatic N) is 1. The van der Waals surface area contributed by atoms with Crippen molar-refractivity contribution in [2.45, 2.75) is 53.2 Å². The normalized spacial score (nSPS) is 10.7. The molecule has 1 aromatic heterocycles. The first-order valence-corrected chi connectivity index (χ1v) is 8.93. The molecule has 0 saturated carbocycles. The van der Waals surface area contributed by atoms with Crippen molar-refractivity contribution in [1.29, 1.82) is 0 Å². The summed E-state index contributed by atoms with van der Waals surface area (Å²) in [6.45, 7) is 7.12. The molecule has 0 unspecified atom stereocenters. The molecule has 0 spiro atoms. The van der Waals surface area contributed by atoms with Crippen molar-refractivity contribution in [3.05, 3.63) is 64.5 Å². The monoisotopic (exact) mass is 341 g/mol. The summed E-state index contributed by atoms with van der Waals surface area (Å²) in [4.78, 5) is 17.1. The van der Waals surface area contributed by atoms with E-state index in [1.54, 1.807) is 0 Å². The summed E-state index contributed by atoms with van der Waals surface area (Å²) >= 11 is 0. The lowest BCUT2D eigenvalue weighted by Crippen LogP contribution is -2.15. The number of benzene rings is 1. The first kappa shape index (κ1) is 19.1. The van der Waals surface area contributed by atoms with Gasteiger partial charge in [-0.25, -0.2) is 4.79 Å². The Hall–Kier alpha value is -2.20. The number of ether oxygens (including phenoxy) is 2. The van der Waals surface area contributed by atoms with E-state index >= 15 is 0 Å². The lowest BCUT2D eigenvalue weighted by molar-refractivity contribution is 0.0514. The second-order valence-corrected chi connectivity index (χ2v) is 6.05. The van der Waals surface area contributed by atoms with Crippen molar-refractivity contribution in [2.75, 3.05) is 6.61 Å². The number of unbranched alkanes of at least 4 members (excludes halogenated alkanes) is 1. The van der Waals surface area contributed by atoms with Gasteiger partial charge in [0.25, 0.3) is 0 Å². The summed E-state index contributed by atoms with van der Waals surface area (Å²) in [6.07, 6.45) is 2.82. The zero-order chi connectivity index (χ0) is 18.1. The van der Waals surface area contributed by atoms with E-state index in [2.05, 4.69) is 11.9 Å². The molecule has 25 heavy (non-hydrogen) atoms. The fraction of sp³-hybridized carbons (Fsp3) is 0.429. The summed E-state index contributed by atoms with van der Waals surface area (Å²) in [5.41, 5.74) is 4.26. The lowest BCUT2D eigenvalue weighted by Gasteiger charge is -2.15. The quantitative estimate of drug-likeness (QED) is 0.624.